The van der Waals surface area contributed by atoms with Crippen molar-refractivity contribution in [1.82, 2.24) is 0 Å². The van der Waals surface area contributed by atoms with Gasteiger partial charge < -0.3 is 0 Å². The van der Waals surface area contributed by atoms with Gasteiger partial charge in [-0.15, -0.1) is 6.58 Å². The number of rotatable bonds is 3. The predicted octanol–water partition coefficient (Wildman–Crippen LogP) is 2.98. The van der Waals surface area contributed by atoms with Crippen LogP contribution in [0.25, 0.3) is 0 Å². The highest BCUT2D eigenvalue weighted by atomic mass is 16.1. The fraction of sp³-hybridized carbons (Fsp3) is 0.583. The third kappa shape index (κ3) is 1.48. The zero-order chi connectivity index (χ0) is 10.1. The molecule has 1 nitrogen and oxygen atoms in total. The molecule has 0 aliphatic heterocycles. The van der Waals surface area contributed by atoms with Crippen molar-refractivity contribution in [2.24, 2.45) is 17.3 Å². The average Bonchev–Trinajstić information content (AvgIpc) is 2.43. The molecule has 13 heavy (non-hydrogen) atoms. The molecule has 0 radical (unpaired) electrons. The molecule has 0 unspecified atom stereocenters. The van der Waals surface area contributed by atoms with E-state index >= 15 is 0 Å². The molecule has 0 amide bonds. The molecule has 1 aliphatic carbocycles. The summed E-state index contributed by atoms with van der Waals surface area (Å²) >= 11 is 0. The highest BCUT2D eigenvalue weighted by Crippen LogP contribution is 2.47. The van der Waals surface area contributed by atoms with Crippen molar-refractivity contribution in [1.29, 1.82) is 0 Å². The second kappa shape index (κ2) is 3.49. The lowest BCUT2D eigenvalue weighted by Gasteiger charge is -2.32. The van der Waals surface area contributed by atoms with E-state index in [0.29, 0.717) is 11.8 Å². The third-order valence-electron chi connectivity index (χ3n) is 3.34. The van der Waals surface area contributed by atoms with Gasteiger partial charge in [0.25, 0.3) is 0 Å². The second-order valence-corrected chi connectivity index (χ2v) is 4.35. The predicted molar refractivity (Wildman–Crippen MR) is 55.4 cm³/mol. The molecular formula is C12H18O. The Hall–Kier alpha value is -0.850. The lowest BCUT2D eigenvalue weighted by Crippen LogP contribution is -2.27. The summed E-state index contributed by atoms with van der Waals surface area (Å²) in [5.41, 5.74) is 0.803. The lowest BCUT2D eigenvalue weighted by molar-refractivity contribution is -0.105. The van der Waals surface area contributed by atoms with Gasteiger partial charge in [-0.25, -0.2) is 0 Å². The van der Waals surface area contributed by atoms with Crippen molar-refractivity contribution in [3.63, 3.8) is 0 Å². The number of carbonyl (C=O) groups is 1. The molecule has 0 bridgehead atoms. The van der Waals surface area contributed by atoms with E-state index in [0.717, 1.165) is 18.3 Å². The summed E-state index contributed by atoms with van der Waals surface area (Å²) < 4.78 is 0. The average molecular weight is 178 g/mol. The summed E-state index contributed by atoms with van der Waals surface area (Å²) in [5, 5.41) is 0. The summed E-state index contributed by atoms with van der Waals surface area (Å²) in [6.07, 6.45) is 5.96. The van der Waals surface area contributed by atoms with Crippen molar-refractivity contribution < 1.29 is 4.79 Å². The molecule has 0 aromatic heterocycles. The standard InChI is InChI=1S/C12H18O/c1-5-12(4)10(8-13)6-7-11(12)9(2)3/h5-6,8-9,11H,1,7H2,2-4H3/t11-,12+/m1/s1. The van der Waals surface area contributed by atoms with Crippen LogP contribution in [0.5, 0.6) is 0 Å². The number of hydrogen-bond acceptors (Lipinski definition) is 1. The summed E-state index contributed by atoms with van der Waals surface area (Å²) in [6.45, 7) is 10.4. The van der Waals surface area contributed by atoms with Crippen LogP contribution < -0.4 is 0 Å². The molecule has 1 aliphatic rings. The Morgan fingerprint density at radius 1 is 1.69 bits per heavy atom. The number of aldehydes is 1. The maximum Gasteiger partial charge on any atom is 0.146 e. The Morgan fingerprint density at radius 2 is 2.31 bits per heavy atom. The van der Waals surface area contributed by atoms with E-state index in [2.05, 4.69) is 33.4 Å². The molecule has 72 valence electrons. The Morgan fingerprint density at radius 3 is 2.69 bits per heavy atom. The van der Waals surface area contributed by atoms with Crippen LogP contribution in [0.1, 0.15) is 27.2 Å². The van der Waals surface area contributed by atoms with Gasteiger partial charge in [0.05, 0.1) is 0 Å². The van der Waals surface area contributed by atoms with E-state index in [-0.39, 0.29) is 5.41 Å². The fourth-order valence-electron chi connectivity index (χ4n) is 2.34. The Balaban J connectivity index is 2.99. The smallest absolute Gasteiger partial charge is 0.146 e. The van der Waals surface area contributed by atoms with Crippen LogP contribution in [0, 0.1) is 17.3 Å². The Bertz CT molecular complexity index is 250. The van der Waals surface area contributed by atoms with Crippen LogP contribution in [0.3, 0.4) is 0 Å². The first-order valence-corrected chi connectivity index (χ1v) is 4.85. The van der Waals surface area contributed by atoms with E-state index in [1.807, 2.05) is 6.08 Å². The van der Waals surface area contributed by atoms with Crippen molar-refractivity contribution in [3.05, 3.63) is 24.3 Å². The molecule has 0 aromatic rings. The van der Waals surface area contributed by atoms with Gasteiger partial charge >= 0.3 is 0 Å². The Labute approximate surface area is 80.5 Å². The summed E-state index contributed by atoms with van der Waals surface area (Å²) in [5.74, 6) is 1.13. The first kappa shape index (κ1) is 10.2. The number of carbonyl (C=O) groups excluding carboxylic acids is 1. The van der Waals surface area contributed by atoms with Crippen molar-refractivity contribution in [3.8, 4) is 0 Å². The van der Waals surface area contributed by atoms with Crippen LogP contribution >= 0.6 is 0 Å². The quantitative estimate of drug-likeness (QED) is 0.479. The zero-order valence-electron chi connectivity index (χ0n) is 8.71. The third-order valence-corrected chi connectivity index (χ3v) is 3.34. The van der Waals surface area contributed by atoms with Gasteiger partial charge in [-0.2, -0.15) is 0 Å². The van der Waals surface area contributed by atoms with Gasteiger partial charge in [0.15, 0.2) is 0 Å². The first-order chi connectivity index (χ1) is 6.06. The minimum Gasteiger partial charge on any atom is -0.298 e. The molecule has 0 spiro atoms. The maximum absolute atomic E-state index is 10.8. The number of allylic oxidation sites excluding steroid dienone is 3. The lowest BCUT2D eigenvalue weighted by atomic mass is 9.71. The van der Waals surface area contributed by atoms with E-state index in [1.54, 1.807) is 0 Å². The van der Waals surface area contributed by atoms with E-state index in [1.165, 1.54) is 0 Å². The van der Waals surface area contributed by atoms with Crippen molar-refractivity contribution in [2.75, 3.05) is 0 Å². The molecule has 1 heteroatoms. The van der Waals surface area contributed by atoms with Gasteiger partial charge in [0, 0.05) is 5.41 Å². The van der Waals surface area contributed by atoms with Gasteiger partial charge in [-0.05, 0) is 23.8 Å². The van der Waals surface area contributed by atoms with Gasteiger partial charge in [-0.3, -0.25) is 4.79 Å². The van der Waals surface area contributed by atoms with Crippen molar-refractivity contribution >= 4 is 6.29 Å². The molecule has 0 saturated carbocycles. The monoisotopic (exact) mass is 178 g/mol. The highest BCUT2D eigenvalue weighted by Gasteiger charge is 2.39. The van der Waals surface area contributed by atoms with Crippen LogP contribution in [-0.4, -0.2) is 6.29 Å². The molecule has 0 saturated heterocycles. The SMILES string of the molecule is C=C[C@@]1(C)C(C=O)=CC[C@@H]1C(C)C. The highest BCUT2D eigenvalue weighted by molar-refractivity contribution is 5.77. The molecular weight excluding hydrogens is 160 g/mol. The molecule has 0 N–H and O–H groups in total. The molecule has 2 atom stereocenters. The van der Waals surface area contributed by atoms with E-state index in [4.69, 9.17) is 0 Å². The minimum atomic E-state index is -0.101. The maximum atomic E-state index is 10.8. The topological polar surface area (TPSA) is 17.1 Å². The minimum absolute atomic E-state index is 0.101. The fourth-order valence-corrected chi connectivity index (χ4v) is 2.34. The normalized spacial score (nSPS) is 33.2. The van der Waals surface area contributed by atoms with Crippen molar-refractivity contribution in [2.45, 2.75) is 27.2 Å². The van der Waals surface area contributed by atoms with Gasteiger partial charge in [0.2, 0.25) is 0 Å². The van der Waals surface area contributed by atoms with Crippen LogP contribution in [0.2, 0.25) is 0 Å². The van der Waals surface area contributed by atoms with Gasteiger partial charge in [-0.1, -0.05) is 32.9 Å². The van der Waals surface area contributed by atoms with Crippen LogP contribution in [0.4, 0.5) is 0 Å². The van der Waals surface area contributed by atoms with Gasteiger partial charge in [0.1, 0.15) is 6.29 Å². The first-order valence-electron chi connectivity index (χ1n) is 4.85. The molecule has 1 rings (SSSR count). The van der Waals surface area contributed by atoms with E-state index < -0.39 is 0 Å². The van der Waals surface area contributed by atoms with E-state index in [9.17, 15) is 4.79 Å². The largest absolute Gasteiger partial charge is 0.298 e. The summed E-state index contributed by atoms with van der Waals surface area (Å²) in [7, 11) is 0. The Kier molecular flexibility index (Phi) is 2.74. The second-order valence-electron chi connectivity index (χ2n) is 4.35. The molecule has 0 heterocycles. The summed E-state index contributed by atoms with van der Waals surface area (Å²) in [4.78, 5) is 10.8. The zero-order valence-corrected chi connectivity index (χ0v) is 8.71. The van der Waals surface area contributed by atoms with Crippen LogP contribution in [-0.2, 0) is 4.79 Å². The molecule has 0 fully saturated rings. The summed E-state index contributed by atoms with van der Waals surface area (Å²) in [6, 6.07) is 0. The number of hydrogen-bond donors (Lipinski definition) is 0. The van der Waals surface area contributed by atoms with Crippen LogP contribution in [0.15, 0.2) is 24.3 Å². The molecule has 0 aromatic carbocycles.